The van der Waals surface area contributed by atoms with Gasteiger partial charge in [0.2, 0.25) is 0 Å². The molecule has 2 heterocycles. The first kappa shape index (κ1) is 13.1. The van der Waals surface area contributed by atoms with E-state index in [1.165, 1.54) is 0 Å². The highest BCUT2D eigenvalue weighted by molar-refractivity contribution is 5.68. The Hall–Kier alpha value is -1.33. The molecule has 0 spiro atoms. The van der Waals surface area contributed by atoms with Crippen LogP contribution < -0.4 is 0 Å². The van der Waals surface area contributed by atoms with E-state index in [0.717, 1.165) is 25.3 Å². The number of ether oxygens (including phenoxy) is 1. The third-order valence-electron chi connectivity index (χ3n) is 3.32. The van der Waals surface area contributed by atoms with Gasteiger partial charge in [0.15, 0.2) is 0 Å². The van der Waals surface area contributed by atoms with Crippen LogP contribution in [0.5, 0.6) is 0 Å². The standard InChI is InChI=1S/C13H19NO4/c1-10(6-11-4-3-5-17-11)14-8-13(2,9-14)18-7-12(15)16/h3-5,10H,6-9H2,1-2H3,(H,15,16). The minimum Gasteiger partial charge on any atom is -0.480 e. The third kappa shape index (κ3) is 3.11. The molecule has 1 aromatic rings. The first-order valence-corrected chi connectivity index (χ1v) is 6.11. The zero-order valence-electron chi connectivity index (χ0n) is 10.8. The van der Waals surface area contributed by atoms with Crippen LogP contribution in [-0.2, 0) is 16.0 Å². The molecule has 1 aliphatic heterocycles. The van der Waals surface area contributed by atoms with Crippen molar-refractivity contribution >= 4 is 5.97 Å². The molecule has 0 bridgehead atoms. The van der Waals surface area contributed by atoms with E-state index in [9.17, 15) is 4.79 Å². The fourth-order valence-electron chi connectivity index (χ4n) is 2.30. The van der Waals surface area contributed by atoms with Crippen molar-refractivity contribution in [2.75, 3.05) is 19.7 Å². The fourth-order valence-corrected chi connectivity index (χ4v) is 2.30. The monoisotopic (exact) mass is 253 g/mol. The topological polar surface area (TPSA) is 62.9 Å². The van der Waals surface area contributed by atoms with Crippen molar-refractivity contribution in [1.82, 2.24) is 4.90 Å². The largest absolute Gasteiger partial charge is 0.480 e. The van der Waals surface area contributed by atoms with Crippen molar-refractivity contribution in [3.05, 3.63) is 24.2 Å². The lowest BCUT2D eigenvalue weighted by atomic mass is 9.93. The van der Waals surface area contributed by atoms with Crippen LogP contribution in [0.2, 0.25) is 0 Å². The van der Waals surface area contributed by atoms with Crippen LogP contribution in [0.4, 0.5) is 0 Å². The molecule has 1 fully saturated rings. The molecule has 5 heteroatoms. The second-order valence-electron chi connectivity index (χ2n) is 5.17. The average molecular weight is 253 g/mol. The van der Waals surface area contributed by atoms with Gasteiger partial charge in [-0.3, -0.25) is 4.90 Å². The molecule has 0 radical (unpaired) electrons. The molecule has 0 saturated carbocycles. The molecule has 1 aliphatic rings. The van der Waals surface area contributed by atoms with Gasteiger partial charge < -0.3 is 14.3 Å². The quantitative estimate of drug-likeness (QED) is 0.830. The Morgan fingerprint density at radius 2 is 2.39 bits per heavy atom. The second-order valence-corrected chi connectivity index (χ2v) is 5.17. The highest BCUT2D eigenvalue weighted by atomic mass is 16.5. The van der Waals surface area contributed by atoms with E-state index in [-0.39, 0.29) is 12.2 Å². The van der Waals surface area contributed by atoms with Gasteiger partial charge in [0.25, 0.3) is 0 Å². The summed E-state index contributed by atoms with van der Waals surface area (Å²) in [5.74, 6) is 0.0564. The number of hydrogen-bond acceptors (Lipinski definition) is 4. The molecule has 0 amide bonds. The summed E-state index contributed by atoms with van der Waals surface area (Å²) in [7, 11) is 0. The lowest BCUT2D eigenvalue weighted by Gasteiger charge is -2.50. The number of hydrogen-bond donors (Lipinski definition) is 1. The minimum absolute atomic E-state index is 0.225. The highest BCUT2D eigenvalue weighted by Gasteiger charge is 2.42. The van der Waals surface area contributed by atoms with Crippen LogP contribution in [0, 0.1) is 0 Å². The van der Waals surface area contributed by atoms with Crippen LogP contribution >= 0.6 is 0 Å². The van der Waals surface area contributed by atoms with Gasteiger partial charge in [-0.2, -0.15) is 0 Å². The molecule has 0 aliphatic carbocycles. The molecule has 1 N–H and O–H groups in total. The maximum atomic E-state index is 10.5. The van der Waals surface area contributed by atoms with E-state index in [1.807, 2.05) is 19.1 Å². The van der Waals surface area contributed by atoms with E-state index in [4.69, 9.17) is 14.3 Å². The highest BCUT2D eigenvalue weighted by Crippen LogP contribution is 2.27. The van der Waals surface area contributed by atoms with Crippen molar-refractivity contribution in [3.8, 4) is 0 Å². The Morgan fingerprint density at radius 3 is 2.94 bits per heavy atom. The number of rotatable bonds is 6. The molecular weight excluding hydrogens is 234 g/mol. The van der Waals surface area contributed by atoms with E-state index < -0.39 is 5.97 Å². The summed E-state index contributed by atoms with van der Waals surface area (Å²) in [6, 6.07) is 4.23. The number of nitrogens with zero attached hydrogens (tertiary/aromatic N) is 1. The normalized spacial score (nSPS) is 20.3. The summed E-state index contributed by atoms with van der Waals surface area (Å²) >= 11 is 0. The number of likely N-dealkylation sites (tertiary alicyclic amines) is 1. The summed E-state index contributed by atoms with van der Waals surface area (Å²) in [6.07, 6.45) is 2.54. The smallest absolute Gasteiger partial charge is 0.329 e. The number of aliphatic carboxylic acids is 1. The van der Waals surface area contributed by atoms with E-state index in [1.54, 1.807) is 6.26 Å². The zero-order valence-corrected chi connectivity index (χ0v) is 10.8. The predicted octanol–water partition coefficient (Wildman–Crippen LogP) is 1.39. The van der Waals surface area contributed by atoms with Gasteiger partial charge in [0.1, 0.15) is 12.4 Å². The van der Waals surface area contributed by atoms with E-state index in [2.05, 4.69) is 11.8 Å². The molecule has 100 valence electrons. The molecule has 18 heavy (non-hydrogen) atoms. The summed E-state index contributed by atoms with van der Waals surface area (Å²) in [6.45, 7) is 5.40. The number of carboxylic acid groups (broad SMARTS) is 1. The minimum atomic E-state index is -0.918. The van der Waals surface area contributed by atoms with Gasteiger partial charge in [-0.05, 0) is 26.0 Å². The fraction of sp³-hybridized carbons (Fsp3) is 0.615. The number of carboxylic acids is 1. The Kier molecular flexibility index (Phi) is 3.73. The van der Waals surface area contributed by atoms with E-state index >= 15 is 0 Å². The summed E-state index contributed by atoms with van der Waals surface area (Å²) in [5, 5.41) is 8.59. The summed E-state index contributed by atoms with van der Waals surface area (Å²) in [5.41, 5.74) is -0.324. The van der Waals surface area contributed by atoms with Gasteiger partial charge in [0.05, 0.1) is 11.9 Å². The van der Waals surface area contributed by atoms with Gasteiger partial charge in [-0.25, -0.2) is 4.79 Å². The van der Waals surface area contributed by atoms with Gasteiger partial charge >= 0.3 is 5.97 Å². The molecule has 1 aromatic heterocycles. The van der Waals surface area contributed by atoms with Crippen LogP contribution in [0.15, 0.2) is 22.8 Å². The Labute approximate surface area is 106 Å². The molecule has 1 unspecified atom stereocenters. The maximum Gasteiger partial charge on any atom is 0.329 e. The summed E-state index contributed by atoms with van der Waals surface area (Å²) < 4.78 is 10.7. The molecule has 1 atom stereocenters. The van der Waals surface area contributed by atoms with Crippen LogP contribution in [0.1, 0.15) is 19.6 Å². The van der Waals surface area contributed by atoms with Crippen molar-refractivity contribution in [2.24, 2.45) is 0 Å². The van der Waals surface area contributed by atoms with Crippen molar-refractivity contribution in [2.45, 2.75) is 31.9 Å². The first-order chi connectivity index (χ1) is 8.48. The van der Waals surface area contributed by atoms with E-state index in [0.29, 0.717) is 6.04 Å². The number of carbonyl (C=O) groups is 1. The van der Waals surface area contributed by atoms with Crippen molar-refractivity contribution < 1.29 is 19.1 Å². The van der Waals surface area contributed by atoms with Crippen LogP contribution in [0.3, 0.4) is 0 Å². The van der Waals surface area contributed by atoms with Gasteiger partial charge in [0, 0.05) is 25.6 Å². The Balaban J connectivity index is 1.75. The molecule has 1 saturated heterocycles. The molecule has 5 nitrogen and oxygen atoms in total. The number of furan rings is 1. The predicted molar refractivity (Wildman–Crippen MR) is 65.4 cm³/mol. The SMILES string of the molecule is CC(Cc1ccco1)N1CC(C)(OCC(=O)O)C1. The molecule has 2 rings (SSSR count). The Morgan fingerprint density at radius 1 is 1.67 bits per heavy atom. The maximum absolute atomic E-state index is 10.5. The molecular formula is C13H19NO4. The van der Waals surface area contributed by atoms with Crippen molar-refractivity contribution in [1.29, 1.82) is 0 Å². The van der Waals surface area contributed by atoms with Crippen LogP contribution in [0.25, 0.3) is 0 Å². The lowest BCUT2D eigenvalue weighted by Crippen LogP contribution is -2.64. The third-order valence-corrected chi connectivity index (χ3v) is 3.32. The van der Waals surface area contributed by atoms with Gasteiger partial charge in [-0.1, -0.05) is 0 Å². The average Bonchev–Trinajstić information content (AvgIpc) is 2.75. The lowest BCUT2D eigenvalue weighted by molar-refractivity contribution is -0.168. The van der Waals surface area contributed by atoms with Gasteiger partial charge in [-0.15, -0.1) is 0 Å². The zero-order chi connectivity index (χ0) is 13.2. The second kappa shape index (κ2) is 5.12. The first-order valence-electron chi connectivity index (χ1n) is 6.11. The molecule has 0 aromatic carbocycles. The van der Waals surface area contributed by atoms with Crippen LogP contribution in [-0.4, -0.2) is 47.3 Å². The summed E-state index contributed by atoms with van der Waals surface area (Å²) in [4.78, 5) is 12.7. The Bertz CT molecular complexity index is 395. The van der Waals surface area contributed by atoms with Crippen molar-refractivity contribution in [3.63, 3.8) is 0 Å².